The number of rotatable bonds is 5. The van der Waals surface area contributed by atoms with Gasteiger partial charge >= 0.3 is 0 Å². The molecule has 0 aliphatic heterocycles. The lowest BCUT2D eigenvalue weighted by Gasteiger charge is -2.16. The van der Waals surface area contributed by atoms with E-state index >= 15 is 0 Å². The first-order valence-corrected chi connectivity index (χ1v) is 6.67. The standard InChI is InChI=1S/C11H14Cl3N3/c1-17(7-2-3-7)5-4-15-11-9(13)6-8(12)10(14)16-11/h6-7H,2-5H2,1H3,(H,15,16). The first-order valence-electron chi connectivity index (χ1n) is 5.53. The van der Waals surface area contributed by atoms with Gasteiger partial charge in [0.2, 0.25) is 0 Å². The molecule has 0 amide bonds. The van der Waals surface area contributed by atoms with Gasteiger partial charge in [0.1, 0.15) is 11.0 Å². The van der Waals surface area contributed by atoms with Crippen LogP contribution in [-0.2, 0) is 0 Å². The van der Waals surface area contributed by atoms with E-state index in [-0.39, 0.29) is 5.15 Å². The fourth-order valence-corrected chi connectivity index (χ4v) is 2.18. The first kappa shape index (κ1) is 13.2. The van der Waals surface area contributed by atoms with Gasteiger partial charge in [0, 0.05) is 19.1 Å². The Morgan fingerprint density at radius 2 is 2.06 bits per heavy atom. The van der Waals surface area contributed by atoms with Crippen LogP contribution in [0.1, 0.15) is 12.8 Å². The van der Waals surface area contributed by atoms with Crippen LogP contribution in [0.25, 0.3) is 0 Å². The maximum Gasteiger partial charge on any atom is 0.150 e. The normalized spacial score (nSPS) is 15.4. The minimum atomic E-state index is 0.272. The summed E-state index contributed by atoms with van der Waals surface area (Å²) in [6.45, 7) is 1.75. The SMILES string of the molecule is CN(CCNc1nc(Cl)c(Cl)cc1Cl)C1CC1. The van der Waals surface area contributed by atoms with Crippen LogP contribution in [0.5, 0.6) is 0 Å². The molecule has 17 heavy (non-hydrogen) atoms. The van der Waals surface area contributed by atoms with Crippen molar-refractivity contribution in [1.29, 1.82) is 0 Å². The summed E-state index contributed by atoms with van der Waals surface area (Å²) in [4.78, 5) is 6.43. The van der Waals surface area contributed by atoms with Gasteiger partial charge in [0.25, 0.3) is 0 Å². The molecule has 1 saturated carbocycles. The first-order chi connectivity index (χ1) is 8.08. The highest BCUT2D eigenvalue weighted by Gasteiger charge is 2.25. The zero-order valence-electron chi connectivity index (χ0n) is 9.51. The molecule has 94 valence electrons. The van der Waals surface area contributed by atoms with E-state index in [0.717, 1.165) is 19.1 Å². The number of likely N-dealkylation sites (N-methyl/N-ethyl adjacent to an activating group) is 1. The topological polar surface area (TPSA) is 28.2 Å². The summed E-state index contributed by atoms with van der Waals surface area (Å²) in [5.74, 6) is 0.588. The maximum atomic E-state index is 6.01. The van der Waals surface area contributed by atoms with Crippen LogP contribution in [-0.4, -0.2) is 36.1 Å². The highest BCUT2D eigenvalue weighted by molar-refractivity contribution is 6.42. The predicted octanol–water partition coefficient (Wildman–Crippen LogP) is 3.55. The van der Waals surface area contributed by atoms with Gasteiger partial charge in [-0.05, 0) is 26.0 Å². The molecule has 0 spiro atoms. The highest BCUT2D eigenvalue weighted by atomic mass is 35.5. The van der Waals surface area contributed by atoms with Crippen molar-refractivity contribution >= 4 is 40.6 Å². The maximum absolute atomic E-state index is 6.01. The van der Waals surface area contributed by atoms with Crippen molar-refractivity contribution in [2.24, 2.45) is 0 Å². The third-order valence-corrected chi connectivity index (χ3v) is 3.77. The second kappa shape index (κ2) is 5.61. The van der Waals surface area contributed by atoms with Crippen molar-refractivity contribution < 1.29 is 0 Å². The monoisotopic (exact) mass is 293 g/mol. The Kier molecular flexibility index (Phi) is 4.36. The third-order valence-electron chi connectivity index (χ3n) is 2.81. The summed E-state index contributed by atoms with van der Waals surface area (Å²) in [5.41, 5.74) is 0. The molecule has 0 aromatic carbocycles. The van der Waals surface area contributed by atoms with E-state index in [9.17, 15) is 0 Å². The van der Waals surface area contributed by atoms with Crippen molar-refractivity contribution in [1.82, 2.24) is 9.88 Å². The average molecular weight is 295 g/mol. The van der Waals surface area contributed by atoms with E-state index in [1.165, 1.54) is 12.8 Å². The fourth-order valence-electron chi connectivity index (χ4n) is 1.62. The third kappa shape index (κ3) is 3.62. The largest absolute Gasteiger partial charge is 0.367 e. The van der Waals surface area contributed by atoms with Crippen LogP contribution < -0.4 is 5.32 Å². The molecule has 1 heterocycles. The van der Waals surface area contributed by atoms with Gasteiger partial charge in [-0.25, -0.2) is 4.98 Å². The molecule has 0 atom stereocenters. The van der Waals surface area contributed by atoms with Gasteiger partial charge in [-0.1, -0.05) is 34.8 Å². The molecule has 6 heteroatoms. The molecule has 1 aromatic rings. The number of aromatic nitrogens is 1. The minimum Gasteiger partial charge on any atom is -0.367 e. The van der Waals surface area contributed by atoms with Gasteiger partial charge in [0.15, 0.2) is 0 Å². The number of anilines is 1. The Morgan fingerprint density at radius 1 is 1.35 bits per heavy atom. The van der Waals surface area contributed by atoms with Crippen LogP contribution in [0.2, 0.25) is 15.2 Å². The van der Waals surface area contributed by atoms with Gasteiger partial charge in [-0.15, -0.1) is 0 Å². The van der Waals surface area contributed by atoms with Crippen LogP contribution in [0.15, 0.2) is 6.07 Å². The van der Waals surface area contributed by atoms with E-state index in [1.807, 2.05) is 0 Å². The molecule has 0 bridgehead atoms. The van der Waals surface area contributed by atoms with Crippen molar-refractivity contribution in [3.05, 3.63) is 21.3 Å². The zero-order chi connectivity index (χ0) is 12.4. The Morgan fingerprint density at radius 3 is 2.71 bits per heavy atom. The Hall–Kier alpha value is -0.220. The summed E-state index contributed by atoms with van der Waals surface area (Å²) in [6, 6.07) is 2.36. The van der Waals surface area contributed by atoms with Crippen LogP contribution >= 0.6 is 34.8 Å². The van der Waals surface area contributed by atoms with E-state index in [2.05, 4.69) is 22.2 Å². The van der Waals surface area contributed by atoms with Gasteiger partial charge in [0.05, 0.1) is 10.0 Å². The molecule has 0 unspecified atom stereocenters. The molecule has 2 rings (SSSR count). The summed E-state index contributed by atoms with van der Waals surface area (Å²) in [5, 5.41) is 4.31. The number of nitrogens with zero attached hydrogens (tertiary/aromatic N) is 2. The molecule has 1 aliphatic carbocycles. The number of halogens is 3. The van der Waals surface area contributed by atoms with E-state index in [4.69, 9.17) is 34.8 Å². The van der Waals surface area contributed by atoms with Crippen molar-refractivity contribution in [2.75, 3.05) is 25.5 Å². The van der Waals surface area contributed by atoms with Crippen molar-refractivity contribution in [3.63, 3.8) is 0 Å². The number of nitrogens with one attached hydrogen (secondary N) is 1. The van der Waals surface area contributed by atoms with Crippen molar-refractivity contribution in [2.45, 2.75) is 18.9 Å². The Labute approximate surface area is 116 Å². The summed E-state index contributed by atoms with van der Waals surface area (Å²) < 4.78 is 0. The van der Waals surface area contributed by atoms with Crippen molar-refractivity contribution in [3.8, 4) is 0 Å². The quantitative estimate of drug-likeness (QED) is 0.842. The molecule has 0 saturated heterocycles. The second-order valence-corrected chi connectivity index (χ2v) is 5.40. The van der Waals surface area contributed by atoms with E-state index in [1.54, 1.807) is 6.07 Å². The smallest absolute Gasteiger partial charge is 0.150 e. The highest BCUT2D eigenvalue weighted by Crippen LogP contribution is 2.29. The number of pyridine rings is 1. The average Bonchev–Trinajstić information content (AvgIpc) is 3.09. The Balaban J connectivity index is 1.87. The number of hydrogen-bond acceptors (Lipinski definition) is 3. The van der Waals surface area contributed by atoms with Crippen LogP contribution in [0.4, 0.5) is 5.82 Å². The van der Waals surface area contributed by atoms with E-state index in [0.29, 0.717) is 15.9 Å². The van der Waals surface area contributed by atoms with Crippen LogP contribution in [0, 0.1) is 0 Å². The zero-order valence-corrected chi connectivity index (χ0v) is 11.8. The second-order valence-electron chi connectivity index (χ2n) is 4.23. The van der Waals surface area contributed by atoms with Gasteiger partial charge in [-0.3, -0.25) is 0 Å². The molecule has 0 radical (unpaired) electrons. The van der Waals surface area contributed by atoms with Crippen LogP contribution in [0.3, 0.4) is 0 Å². The molecular weight excluding hydrogens is 281 g/mol. The molecule has 1 aliphatic rings. The van der Waals surface area contributed by atoms with E-state index < -0.39 is 0 Å². The fraction of sp³-hybridized carbons (Fsp3) is 0.545. The predicted molar refractivity (Wildman–Crippen MR) is 73.4 cm³/mol. The van der Waals surface area contributed by atoms with Gasteiger partial charge in [-0.2, -0.15) is 0 Å². The lowest BCUT2D eigenvalue weighted by atomic mass is 10.4. The molecule has 1 aromatic heterocycles. The summed E-state index contributed by atoms with van der Waals surface area (Å²) >= 11 is 17.7. The lowest BCUT2D eigenvalue weighted by molar-refractivity contribution is 0.337. The Bertz CT molecular complexity index is 407. The lowest BCUT2D eigenvalue weighted by Crippen LogP contribution is -2.27. The number of hydrogen-bond donors (Lipinski definition) is 1. The molecular formula is C11H14Cl3N3. The summed E-state index contributed by atoms with van der Waals surface area (Å²) in [6.07, 6.45) is 2.62. The minimum absolute atomic E-state index is 0.272. The molecule has 1 fully saturated rings. The van der Waals surface area contributed by atoms with Gasteiger partial charge < -0.3 is 10.2 Å². The molecule has 1 N–H and O–H groups in total. The summed E-state index contributed by atoms with van der Waals surface area (Å²) in [7, 11) is 2.13. The molecule has 3 nitrogen and oxygen atoms in total.